The van der Waals surface area contributed by atoms with Crippen molar-refractivity contribution in [2.75, 3.05) is 0 Å². The van der Waals surface area contributed by atoms with E-state index >= 15 is 0 Å². The van der Waals surface area contributed by atoms with Crippen molar-refractivity contribution >= 4 is 55.5 Å². The van der Waals surface area contributed by atoms with Crippen molar-refractivity contribution in [2.45, 2.75) is 0 Å². The van der Waals surface area contributed by atoms with E-state index in [9.17, 15) is 5.41 Å². The zero-order valence-electron chi connectivity index (χ0n) is 22.4. The summed E-state index contributed by atoms with van der Waals surface area (Å²) in [6.07, 6.45) is 4.18. The fourth-order valence-electron chi connectivity index (χ4n) is 6.15. The largest absolute Gasteiger partial charge is 0.354 e. The fraction of sp³-hybridized carbons (Fsp3) is 0. The summed E-state index contributed by atoms with van der Waals surface area (Å²) in [5, 5.41) is 20.3. The van der Waals surface area contributed by atoms with E-state index < -0.39 is 0 Å². The Morgan fingerprint density at radius 1 is 0.537 bits per heavy atom. The predicted molar refractivity (Wildman–Crippen MR) is 174 cm³/mol. The van der Waals surface area contributed by atoms with Gasteiger partial charge >= 0.3 is 0 Å². The van der Waals surface area contributed by atoms with Crippen LogP contribution in [0.3, 0.4) is 0 Å². The van der Waals surface area contributed by atoms with E-state index in [4.69, 9.17) is 0 Å². The molecule has 0 radical (unpaired) electrons. The van der Waals surface area contributed by atoms with Crippen LogP contribution in [0.15, 0.2) is 140 Å². The number of nitrogens with one attached hydrogen (secondary N) is 2. The maximum atomic E-state index is 9.26. The second-order valence-electron chi connectivity index (χ2n) is 10.7. The minimum Gasteiger partial charge on any atom is -0.354 e. The van der Waals surface area contributed by atoms with E-state index in [-0.39, 0.29) is 0 Å². The van der Waals surface area contributed by atoms with Crippen LogP contribution < -0.4 is 5.32 Å². The van der Waals surface area contributed by atoms with Gasteiger partial charge in [0.2, 0.25) is 0 Å². The highest BCUT2D eigenvalue weighted by atomic mass is 14.9. The lowest BCUT2D eigenvalue weighted by Crippen LogP contribution is -2.17. The number of hydrogen-bond donors (Lipinski definition) is 2. The highest BCUT2D eigenvalue weighted by molar-refractivity contribution is 6.25. The van der Waals surface area contributed by atoms with Crippen molar-refractivity contribution in [1.29, 1.82) is 5.41 Å². The number of hydrogen-bond acceptors (Lipinski definition) is 2. The van der Waals surface area contributed by atoms with E-state index in [0.29, 0.717) is 5.71 Å². The third-order valence-corrected chi connectivity index (χ3v) is 8.17. The molecule has 192 valence electrons. The number of allylic oxidation sites excluding steroid dienone is 1. The molecule has 0 spiro atoms. The molecule has 1 heterocycles. The minimum absolute atomic E-state index is 0.475. The SMILES string of the molecule is N=C(/C=C1\NC(c2ccccc2)=Cc2ccc(-c3ccccc3)cc21)c1cc2ccc3cccc4ccc(c1)c2c34. The van der Waals surface area contributed by atoms with Gasteiger partial charge in [0.25, 0.3) is 0 Å². The molecule has 1 aliphatic heterocycles. The zero-order valence-corrected chi connectivity index (χ0v) is 22.4. The molecule has 2 N–H and O–H groups in total. The molecule has 0 bridgehead atoms. The van der Waals surface area contributed by atoms with Crippen LogP contribution >= 0.6 is 0 Å². The lowest BCUT2D eigenvalue weighted by atomic mass is 9.90. The molecular weight excluding hydrogens is 496 g/mol. The number of benzene rings is 7. The van der Waals surface area contributed by atoms with Gasteiger partial charge in [-0.15, -0.1) is 0 Å². The summed E-state index contributed by atoms with van der Waals surface area (Å²) in [5.41, 5.74) is 9.01. The summed E-state index contributed by atoms with van der Waals surface area (Å²) in [4.78, 5) is 0. The van der Waals surface area contributed by atoms with Crippen LogP contribution in [0.5, 0.6) is 0 Å². The Morgan fingerprint density at radius 2 is 1.15 bits per heavy atom. The summed E-state index contributed by atoms with van der Waals surface area (Å²) in [5.74, 6) is 0. The molecule has 0 saturated heterocycles. The van der Waals surface area contributed by atoms with E-state index in [1.165, 1.54) is 27.1 Å². The van der Waals surface area contributed by atoms with Crippen molar-refractivity contribution < 1.29 is 0 Å². The molecule has 0 aromatic heterocycles. The van der Waals surface area contributed by atoms with Crippen LogP contribution in [0, 0.1) is 5.41 Å². The van der Waals surface area contributed by atoms with Gasteiger partial charge < -0.3 is 10.7 Å². The first-order valence-corrected chi connectivity index (χ1v) is 13.9. The topological polar surface area (TPSA) is 35.9 Å². The minimum atomic E-state index is 0.475. The van der Waals surface area contributed by atoms with Gasteiger partial charge in [-0.2, -0.15) is 0 Å². The van der Waals surface area contributed by atoms with Crippen molar-refractivity contribution in [3.8, 4) is 11.1 Å². The molecule has 1 aliphatic rings. The van der Waals surface area contributed by atoms with Crippen molar-refractivity contribution in [2.24, 2.45) is 0 Å². The molecule has 0 unspecified atom stereocenters. The summed E-state index contributed by atoms with van der Waals surface area (Å²) in [6.45, 7) is 0. The zero-order chi connectivity index (χ0) is 27.3. The van der Waals surface area contributed by atoms with Gasteiger partial charge in [-0.1, -0.05) is 115 Å². The Balaban J connectivity index is 1.26. The van der Waals surface area contributed by atoms with Crippen LogP contribution in [-0.2, 0) is 0 Å². The average molecular weight is 523 g/mol. The van der Waals surface area contributed by atoms with E-state index in [2.05, 4.69) is 133 Å². The van der Waals surface area contributed by atoms with Crippen molar-refractivity contribution in [1.82, 2.24) is 5.32 Å². The third-order valence-electron chi connectivity index (χ3n) is 8.17. The standard InChI is InChI=1S/C39H26N2/c40-35(33-20-31-18-14-27-12-7-13-28-15-19-32(21-33)39(31)38(27)28)24-37-34-22-29(25-8-3-1-4-9-25)16-17-30(34)23-36(41-37)26-10-5-2-6-11-26/h1-24,40-41H/b37-24-,40-35?. The average Bonchev–Trinajstić information content (AvgIpc) is 3.04. The highest BCUT2D eigenvalue weighted by Crippen LogP contribution is 2.36. The molecule has 7 aromatic rings. The molecule has 41 heavy (non-hydrogen) atoms. The highest BCUT2D eigenvalue weighted by Gasteiger charge is 2.18. The molecule has 7 aromatic carbocycles. The Bertz CT molecular complexity index is 2110. The van der Waals surface area contributed by atoms with Gasteiger partial charge in [0.1, 0.15) is 0 Å². The molecule has 0 saturated carbocycles. The Hall–Kier alpha value is -5.47. The first kappa shape index (κ1) is 23.4. The maximum absolute atomic E-state index is 9.26. The third kappa shape index (κ3) is 4.00. The van der Waals surface area contributed by atoms with Gasteiger partial charge in [0.15, 0.2) is 0 Å². The summed E-state index contributed by atoms with van der Waals surface area (Å²) < 4.78 is 0. The lowest BCUT2D eigenvalue weighted by molar-refractivity contribution is 1.22. The predicted octanol–water partition coefficient (Wildman–Crippen LogP) is 9.76. The molecule has 2 heteroatoms. The second-order valence-corrected chi connectivity index (χ2v) is 10.7. The molecule has 0 aliphatic carbocycles. The van der Waals surface area contributed by atoms with Gasteiger partial charge in [0, 0.05) is 22.5 Å². The van der Waals surface area contributed by atoms with Crippen LogP contribution in [0.4, 0.5) is 0 Å². The van der Waals surface area contributed by atoms with Gasteiger partial charge in [-0.25, -0.2) is 0 Å². The summed E-state index contributed by atoms with van der Waals surface area (Å²) in [6, 6.07) is 47.0. The Labute approximate surface area is 238 Å². The molecule has 0 atom stereocenters. The second kappa shape index (κ2) is 9.32. The van der Waals surface area contributed by atoms with Crippen LogP contribution in [0.2, 0.25) is 0 Å². The van der Waals surface area contributed by atoms with E-state index in [0.717, 1.165) is 50.0 Å². The van der Waals surface area contributed by atoms with Crippen molar-refractivity contribution in [3.63, 3.8) is 0 Å². The van der Waals surface area contributed by atoms with Crippen LogP contribution in [0.25, 0.3) is 60.9 Å². The molecule has 8 rings (SSSR count). The van der Waals surface area contributed by atoms with Crippen LogP contribution in [0.1, 0.15) is 22.3 Å². The Morgan fingerprint density at radius 3 is 1.83 bits per heavy atom. The van der Waals surface area contributed by atoms with Crippen LogP contribution in [-0.4, -0.2) is 5.71 Å². The molecular formula is C39H26N2. The van der Waals surface area contributed by atoms with Gasteiger partial charge in [-0.05, 0) is 84.9 Å². The maximum Gasteiger partial charge on any atom is 0.0633 e. The quantitative estimate of drug-likeness (QED) is 0.175. The normalized spacial score (nSPS) is 13.9. The summed E-state index contributed by atoms with van der Waals surface area (Å²) >= 11 is 0. The van der Waals surface area contributed by atoms with Gasteiger partial charge in [-0.3, -0.25) is 0 Å². The van der Waals surface area contributed by atoms with E-state index in [1.807, 2.05) is 18.2 Å². The summed E-state index contributed by atoms with van der Waals surface area (Å²) in [7, 11) is 0. The fourth-order valence-corrected chi connectivity index (χ4v) is 6.15. The molecule has 2 nitrogen and oxygen atoms in total. The first-order chi connectivity index (χ1) is 20.2. The Kier molecular flexibility index (Phi) is 5.33. The molecule has 0 amide bonds. The van der Waals surface area contributed by atoms with Crippen molar-refractivity contribution in [3.05, 3.63) is 162 Å². The number of rotatable bonds is 4. The van der Waals surface area contributed by atoms with Gasteiger partial charge in [0.05, 0.1) is 5.71 Å². The monoisotopic (exact) mass is 522 g/mol. The number of fused-ring (bicyclic) bond motifs is 1. The first-order valence-electron chi connectivity index (χ1n) is 13.9. The smallest absolute Gasteiger partial charge is 0.0633 e. The lowest BCUT2D eigenvalue weighted by Gasteiger charge is -2.23. The van der Waals surface area contributed by atoms with E-state index in [1.54, 1.807) is 0 Å². The molecule has 0 fully saturated rings.